The average molecular weight is 243 g/mol. The standard InChI is InChI=1S/C13H13N3O2/c1-18-13-11(7-4-8-15-13)16-12(17)9-5-2-3-6-10(9)14/h2-8H,14H2,1H3,(H,16,17). The van der Waals surface area contributed by atoms with E-state index < -0.39 is 0 Å². The fourth-order valence-electron chi connectivity index (χ4n) is 1.54. The SMILES string of the molecule is COc1ncccc1NC(=O)c1ccccc1N. The number of pyridine rings is 1. The number of rotatable bonds is 3. The topological polar surface area (TPSA) is 77.2 Å². The van der Waals surface area contributed by atoms with E-state index >= 15 is 0 Å². The highest BCUT2D eigenvalue weighted by atomic mass is 16.5. The van der Waals surface area contributed by atoms with Crippen molar-refractivity contribution in [2.24, 2.45) is 0 Å². The van der Waals surface area contributed by atoms with Gasteiger partial charge in [0.25, 0.3) is 5.91 Å². The summed E-state index contributed by atoms with van der Waals surface area (Å²) in [5, 5.41) is 2.71. The summed E-state index contributed by atoms with van der Waals surface area (Å²) < 4.78 is 5.06. The highest BCUT2D eigenvalue weighted by Gasteiger charge is 2.11. The number of hydrogen-bond donors (Lipinski definition) is 2. The first-order valence-corrected chi connectivity index (χ1v) is 5.37. The summed E-state index contributed by atoms with van der Waals surface area (Å²) in [6.45, 7) is 0. The zero-order valence-corrected chi connectivity index (χ0v) is 9.88. The third-order valence-corrected chi connectivity index (χ3v) is 2.42. The maximum Gasteiger partial charge on any atom is 0.257 e. The molecule has 1 heterocycles. The van der Waals surface area contributed by atoms with Crippen LogP contribution in [0.1, 0.15) is 10.4 Å². The van der Waals surface area contributed by atoms with Crippen LogP contribution in [0.5, 0.6) is 5.88 Å². The van der Waals surface area contributed by atoms with Crippen LogP contribution in [0, 0.1) is 0 Å². The van der Waals surface area contributed by atoms with Gasteiger partial charge in [-0.15, -0.1) is 0 Å². The Morgan fingerprint density at radius 3 is 2.78 bits per heavy atom. The zero-order chi connectivity index (χ0) is 13.0. The number of methoxy groups -OCH3 is 1. The van der Waals surface area contributed by atoms with Crippen LogP contribution in [0.25, 0.3) is 0 Å². The third-order valence-electron chi connectivity index (χ3n) is 2.42. The molecule has 0 bridgehead atoms. The molecule has 0 atom stereocenters. The fourth-order valence-corrected chi connectivity index (χ4v) is 1.54. The Hall–Kier alpha value is -2.56. The predicted octanol–water partition coefficient (Wildman–Crippen LogP) is 1.92. The van der Waals surface area contributed by atoms with Crippen molar-refractivity contribution in [3.05, 3.63) is 48.2 Å². The van der Waals surface area contributed by atoms with Gasteiger partial charge in [-0.2, -0.15) is 0 Å². The molecule has 0 aliphatic carbocycles. The second kappa shape index (κ2) is 5.18. The van der Waals surface area contributed by atoms with Crippen molar-refractivity contribution in [2.75, 3.05) is 18.2 Å². The van der Waals surface area contributed by atoms with Crippen LogP contribution >= 0.6 is 0 Å². The second-order valence-corrected chi connectivity index (χ2v) is 3.60. The van der Waals surface area contributed by atoms with Crippen LogP contribution < -0.4 is 15.8 Å². The second-order valence-electron chi connectivity index (χ2n) is 3.60. The van der Waals surface area contributed by atoms with E-state index in [0.717, 1.165) is 0 Å². The molecule has 0 aliphatic rings. The Morgan fingerprint density at radius 1 is 1.28 bits per heavy atom. The number of carbonyl (C=O) groups excluding carboxylic acids is 1. The number of aromatic nitrogens is 1. The molecule has 5 nitrogen and oxygen atoms in total. The average Bonchev–Trinajstić information content (AvgIpc) is 2.39. The minimum absolute atomic E-state index is 0.292. The fraction of sp³-hybridized carbons (Fsp3) is 0.0769. The van der Waals surface area contributed by atoms with E-state index in [1.165, 1.54) is 7.11 Å². The van der Waals surface area contributed by atoms with Gasteiger partial charge in [0.1, 0.15) is 5.69 Å². The van der Waals surface area contributed by atoms with Gasteiger partial charge in [0, 0.05) is 11.9 Å². The summed E-state index contributed by atoms with van der Waals surface area (Å²) in [6, 6.07) is 10.3. The molecule has 3 N–H and O–H groups in total. The predicted molar refractivity (Wildman–Crippen MR) is 69.6 cm³/mol. The summed E-state index contributed by atoms with van der Waals surface area (Å²) in [7, 11) is 1.49. The monoisotopic (exact) mass is 243 g/mol. The minimum Gasteiger partial charge on any atom is -0.480 e. The van der Waals surface area contributed by atoms with E-state index in [9.17, 15) is 4.79 Å². The molecular weight excluding hydrogens is 230 g/mol. The molecule has 0 saturated heterocycles. The molecule has 2 aromatic rings. The van der Waals surface area contributed by atoms with E-state index in [2.05, 4.69) is 10.3 Å². The number of ether oxygens (including phenoxy) is 1. The van der Waals surface area contributed by atoms with Crippen molar-refractivity contribution < 1.29 is 9.53 Å². The van der Waals surface area contributed by atoms with Gasteiger partial charge >= 0.3 is 0 Å². The zero-order valence-electron chi connectivity index (χ0n) is 9.88. The molecule has 1 aromatic heterocycles. The van der Waals surface area contributed by atoms with Crippen molar-refractivity contribution in [2.45, 2.75) is 0 Å². The summed E-state index contributed by atoms with van der Waals surface area (Å²) in [5.41, 5.74) is 7.09. The van der Waals surface area contributed by atoms with Gasteiger partial charge in [-0.3, -0.25) is 4.79 Å². The maximum absolute atomic E-state index is 12.0. The van der Waals surface area contributed by atoms with Crippen molar-refractivity contribution >= 4 is 17.3 Å². The van der Waals surface area contributed by atoms with Crippen LogP contribution in [-0.2, 0) is 0 Å². The van der Waals surface area contributed by atoms with Gasteiger partial charge in [-0.1, -0.05) is 12.1 Å². The van der Waals surface area contributed by atoms with Crippen LogP contribution in [0.2, 0.25) is 0 Å². The number of nitrogen functional groups attached to an aromatic ring is 1. The lowest BCUT2D eigenvalue weighted by molar-refractivity contribution is 0.102. The molecule has 18 heavy (non-hydrogen) atoms. The number of amides is 1. The Balaban J connectivity index is 2.24. The van der Waals surface area contributed by atoms with Gasteiger partial charge in [-0.05, 0) is 24.3 Å². The van der Waals surface area contributed by atoms with Gasteiger partial charge in [-0.25, -0.2) is 4.98 Å². The van der Waals surface area contributed by atoms with Crippen molar-refractivity contribution in [1.82, 2.24) is 4.98 Å². The lowest BCUT2D eigenvalue weighted by Gasteiger charge is -2.09. The van der Waals surface area contributed by atoms with E-state index in [1.54, 1.807) is 42.6 Å². The van der Waals surface area contributed by atoms with Gasteiger partial charge in [0.2, 0.25) is 5.88 Å². The summed E-state index contributed by atoms with van der Waals surface area (Å²) in [4.78, 5) is 16.0. The normalized spacial score (nSPS) is 9.83. The Labute approximate surface area is 105 Å². The molecule has 5 heteroatoms. The first-order chi connectivity index (χ1) is 8.72. The van der Waals surface area contributed by atoms with E-state index in [-0.39, 0.29) is 5.91 Å². The van der Waals surface area contributed by atoms with Gasteiger partial charge < -0.3 is 15.8 Å². The molecule has 0 radical (unpaired) electrons. The van der Waals surface area contributed by atoms with Gasteiger partial charge in [0.05, 0.1) is 12.7 Å². The number of benzene rings is 1. The molecule has 0 spiro atoms. The lowest BCUT2D eigenvalue weighted by atomic mass is 10.1. The number of para-hydroxylation sites is 1. The number of nitrogens with one attached hydrogen (secondary N) is 1. The molecule has 1 aromatic carbocycles. The summed E-state index contributed by atoms with van der Waals surface area (Å²) in [5.74, 6) is 0.0692. The Kier molecular flexibility index (Phi) is 3.43. The quantitative estimate of drug-likeness (QED) is 0.807. The van der Waals surface area contributed by atoms with Crippen LogP contribution in [0.4, 0.5) is 11.4 Å². The number of hydrogen-bond acceptors (Lipinski definition) is 4. The van der Waals surface area contributed by atoms with E-state index in [4.69, 9.17) is 10.5 Å². The highest BCUT2D eigenvalue weighted by Crippen LogP contribution is 2.21. The number of carbonyl (C=O) groups is 1. The number of anilines is 2. The third kappa shape index (κ3) is 2.40. The molecule has 0 fully saturated rings. The molecule has 1 amide bonds. The molecule has 0 saturated carbocycles. The summed E-state index contributed by atoms with van der Waals surface area (Å²) >= 11 is 0. The first kappa shape index (κ1) is 11.9. The summed E-state index contributed by atoms with van der Waals surface area (Å²) in [6.07, 6.45) is 1.59. The van der Waals surface area contributed by atoms with E-state index in [0.29, 0.717) is 22.8 Å². The number of nitrogens with zero attached hydrogens (tertiary/aromatic N) is 1. The number of nitrogens with two attached hydrogens (primary N) is 1. The highest BCUT2D eigenvalue weighted by molar-refractivity contribution is 6.08. The van der Waals surface area contributed by atoms with Gasteiger partial charge in [0.15, 0.2) is 0 Å². The van der Waals surface area contributed by atoms with Crippen LogP contribution in [-0.4, -0.2) is 18.0 Å². The molecule has 0 aliphatic heterocycles. The maximum atomic E-state index is 12.0. The van der Waals surface area contributed by atoms with Crippen LogP contribution in [0.15, 0.2) is 42.6 Å². The van der Waals surface area contributed by atoms with Crippen molar-refractivity contribution in [3.63, 3.8) is 0 Å². The lowest BCUT2D eigenvalue weighted by Crippen LogP contribution is -2.14. The molecule has 92 valence electrons. The molecular formula is C13H13N3O2. The van der Waals surface area contributed by atoms with E-state index in [1.807, 2.05) is 0 Å². The first-order valence-electron chi connectivity index (χ1n) is 5.37. The van der Waals surface area contributed by atoms with Crippen molar-refractivity contribution in [3.8, 4) is 5.88 Å². The largest absolute Gasteiger partial charge is 0.480 e. The molecule has 2 rings (SSSR count). The Morgan fingerprint density at radius 2 is 2.06 bits per heavy atom. The van der Waals surface area contributed by atoms with Crippen LogP contribution in [0.3, 0.4) is 0 Å². The molecule has 0 unspecified atom stereocenters. The smallest absolute Gasteiger partial charge is 0.257 e. The van der Waals surface area contributed by atoms with Crippen molar-refractivity contribution in [1.29, 1.82) is 0 Å². The minimum atomic E-state index is -0.292. The Bertz CT molecular complexity index is 570.